The summed E-state index contributed by atoms with van der Waals surface area (Å²) in [4.78, 5) is 3.92. The van der Waals surface area contributed by atoms with Gasteiger partial charge in [0.15, 0.2) is 0 Å². The lowest BCUT2D eigenvalue weighted by Gasteiger charge is -2.13. The summed E-state index contributed by atoms with van der Waals surface area (Å²) in [5, 5.41) is 13.1. The molecular weight excluding hydrogens is 228 g/mol. The first kappa shape index (κ1) is 12.4. The molecule has 1 unspecified atom stereocenters. The first-order chi connectivity index (χ1) is 8.79. The van der Waals surface area contributed by atoms with Crippen molar-refractivity contribution in [3.63, 3.8) is 0 Å². The van der Waals surface area contributed by atoms with E-state index in [1.165, 1.54) is 0 Å². The van der Waals surface area contributed by atoms with E-state index in [0.717, 1.165) is 17.0 Å². The Balaban J connectivity index is 1.91. The Morgan fingerprint density at radius 1 is 1.17 bits per heavy atom. The van der Waals surface area contributed by atoms with Gasteiger partial charge in [0, 0.05) is 24.6 Å². The van der Waals surface area contributed by atoms with Crippen molar-refractivity contribution < 1.29 is 9.84 Å². The molecule has 2 rings (SSSR count). The zero-order chi connectivity index (χ0) is 12.8. The van der Waals surface area contributed by atoms with Crippen LogP contribution in [0.5, 0.6) is 5.75 Å². The van der Waals surface area contributed by atoms with Gasteiger partial charge in [0.2, 0.25) is 0 Å². The van der Waals surface area contributed by atoms with Crippen molar-refractivity contribution in [2.24, 2.45) is 0 Å². The Hall–Kier alpha value is -2.07. The third-order valence-corrected chi connectivity index (χ3v) is 2.68. The van der Waals surface area contributed by atoms with Crippen molar-refractivity contribution in [1.82, 2.24) is 4.98 Å². The summed E-state index contributed by atoms with van der Waals surface area (Å²) < 4.78 is 5.08. The van der Waals surface area contributed by atoms with Crippen LogP contribution in [0.4, 0.5) is 5.69 Å². The molecule has 2 N–H and O–H groups in total. The Bertz CT molecular complexity index is 471. The number of rotatable bonds is 5. The van der Waals surface area contributed by atoms with Gasteiger partial charge in [0.1, 0.15) is 5.75 Å². The second kappa shape index (κ2) is 6.02. The molecule has 94 valence electrons. The van der Waals surface area contributed by atoms with E-state index in [1.807, 2.05) is 24.3 Å². The number of aromatic nitrogens is 1. The second-order valence-corrected chi connectivity index (χ2v) is 3.91. The fraction of sp³-hybridized carbons (Fsp3) is 0.214. The maximum absolute atomic E-state index is 9.97. The number of nitrogens with one attached hydrogen (secondary N) is 1. The third-order valence-electron chi connectivity index (χ3n) is 2.68. The summed E-state index contributed by atoms with van der Waals surface area (Å²) in [6.07, 6.45) is 2.80. The smallest absolute Gasteiger partial charge is 0.119 e. The molecule has 1 aromatic carbocycles. The fourth-order valence-electron chi connectivity index (χ4n) is 1.63. The lowest BCUT2D eigenvalue weighted by Crippen LogP contribution is -2.12. The van der Waals surface area contributed by atoms with E-state index < -0.39 is 6.10 Å². The summed E-state index contributed by atoms with van der Waals surface area (Å²) in [5.41, 5.74) is 1.80. The number of nitrogens with zero attached hydrogens (tertiary/aromatic N) is 1. The van der Waals surface area contributed by atoms with Crippen LogP contribution in [0.2, 0.25) is 0 Å². The summed E-state index contributed by atoms with van der Waals surface area (Å²) in [6.45, 7) is 0.455. The quantitative estimate of drug-likeness (QED) is 0.847. The largest absolute Gasteiger partial charge is 0.497 e. The van der Waals surface area contributed by atoms with Gasteiger partial charge in [0.25, 0.3) is 0 Å². The van der Waals surface area contributed by atoms with Crippen molar-refractivity contribution in [1.29, 1.82) is 0 Å². The van der Waals surface area contributed by atoms with Gasteiger partial charge < -0.3 is 15.2 Å². The number of aliphatic hydroxyl groups excluding tert-OH is 1. The van der Waals surface area contributed by atoms with Gasteiger partial charge in [-0.2, -0.15) is 0 Å². The SMILES string of the molecule is COc1ccc(NCC(O)c2ccncc2)cc1. The van der Waals surface area contributed by atoms with E-state index in [9.17, 15) is 5.11 Å². The van der Waals surface area contributed by atoms with E-state index in [4.69, 9.17) is 4.74 Å². The molecule has 4 heteroatoms. The minimum absolute atomic E-state index is 0.455. The van der Waals surface area contributed by atoms with Crippen LogP contribution in [-0.2, 0) is 0 Å². The molecule has 0 spiro atoms. The summed E-state index contributed by atoms with van der Waals surface area (Å²) >= 11 is 0. The second-order valence-electron chi connectivity index (χ2n) is 3.91. The van der Waals surface area contributed by atoms with Crippen molar-refractivity contribution >= 4 is 5.69 Å². The van der Waals surface area contributed by atoms with Crippen LogP contribution in [0, 0.1) is 0 Å². The molecule has 4 nitrogen and oxygen atoms in total. The minimum atomic E-state index is -0.546. The Morgan fingerprint density at radius 3 is 2.44 bits per heavy atom. The van der Waals surface area contributed by atoms with Crippen molar-refractivity contribution in [2.45, 2.75) is 6.10 Å². The molecule has 0 amide bonds. The molecule has 2 aromatic rings. The van der Waals surface area contributed by atoms with Crippen LogP contribution in [-0.4, -0.2) is 23.7 Å². The standard InChI is InChI=1S/C14H16N2O2/c1-18-13-4-2-12(3-5-13)16-10-14(17)11-6-8-15-9-7-11/h2-9,14,16-17H,10H2,1H3. The van der Waals surface area contributed by atoms with Gasteiger partial charge in [-0.05, 0) is 42.0 Å². The van der Waals surface area contributed by atoms with Gasteiger partial charge in [0.05, 0.1) is 13.2 Å². The Kier molecular flexibility index (Phi) is 4.15. The number of methoxy groups -OCH3 is 1. The monoisotopic (exact) mass is 244 g/mol. The third kappa shape index (κ3) is 3.21. The summed E-state index contributed by atoms with van der Waals surface area (Å²) in [5.74, 6) is 0.815. The van der Waals surface area contributed by atoms with Crippen LogP contribution in [0.3, 0.4) is 0 Å². The average molecular weight is 244 g/mol. The first-order valence-corrected chi connectivity index (χ1v) is 5.75. The van der Waals surface area contributed by atoms with Crippen LogP contribution < -0.4 is 10.1 Å². The molecular formula is C14H16N2O2. The maximum Gasteiger partial charge on any atom is 0.119 e. The van der Waals surface area contributed by atoms with Gasteiger partial charge in [-0.15, -0.1) is 0 Å². The molecule has 0 aliphatic carbocycles. The van der Waals surface area contributed by atoms with Gasteiger partial charge in [-0.1, -0.05) is 0 Å². The van der Waals surface area contributed by atoms with E-state index in [2.05, 4.69) is 10.3 Å². The molecule has 1 heterocycles. The summed E-state index contributed by atoms with van der Waals surface area (Å²) in [7, 11) is 1.63. The number of hydrogen-bond acceptors (Lipinski definition) is 4. The highest BCUT2D eigenvalue weighted by atomic mass is 16.5. The van der Waals surface area contributed by atoms with Crippen molar-refractivity contribution in [3.8, 4) is 5.75 Å². The van der Waals surface area contributed by atoms with Crippen LogP contribution in [0.15, 0.2) is 48.8 Å². The summed E-state index contributed by atoms with van der Waals surface area (Å²) in [6, 6.07) is 11.2. The van der Waals surface area contributed by atoms with Gasteiger partial charge >= 0.3 is 0 Å². The molecule has 0 aliphatic heterocycles. The number of hydrogen-bond donors (Lipinski definition) is 2. The number of aliphatic hydroxyl groups is 1. The molecule has 0 bridgehead atoms. The number of pyridine rings is 1. The fourth-order valence-corrected chi connectivity index (χ4v) is 1.63. The first-order valence-electron chi connectivity index (χ1n) is 5.75. The maximum atomic E-state index is 9.97. The molecule has 0 saturated carbocycles. The number of ether oxygens (including phenoxy) is 1. The average Bonchev–Trinajstić information content (AvgIpc) is 2.46. The zero-order valence-corrected chi connectivity index (χ0v) is 10.2. The molecule has 0 fully saturated rings. The number of benzene rings is 1. The predicted octanol–water partition coefficient (Wildman–Crippen LogP) is 2.24. The van der Waals surface area contributed by atoms with Gasteiger partial charge in [-0.25, -0.2) is 0 Å². The Labute approximate surface area is 106 Å². The van der Waals surface area contributed by atoms with E-state index in [0.29, 0.717) is 6.54 Å². The molecule has 1 atom stereocenters. The molecule has 0 saturated heterocycles. The van der Waals surface area contributed by atoms with E-state index in [-0.39, 0.29) is 0 Å². The molecule has 18 heavy (non-hydrogen) atoms. The molecule has 1 aromatic heterocycles. The topological polar surface area (TPSA) is 54.4 Å². The lowest BCUT2D eigenvalue weighted by atomic mass is 10.1. The van der Waals surface area contributed by atoms with Crippen molar-refractivity contribution in [2.75, 3.05) is 19.0 Å². The normalized spacial score (nSPS) is 11.9. The zero-order valence-electron chi connectivity index (χ0n) is 10.2. The highest BCUT2D eigenvalue weighted by Gasteiger charge is 2.06. The van der Waals surface area contributed by atoms with E-state index >= 15 is 0 Å². The van der Waals surface area contributed by atoms with Crippen LogP contribution in [0.25, 0.3) is 0 Å². The van der Waals surface area contributed by atoms with Gasteiger partial charge in [-0.3, -0.25) is 4.98 Å². The molecule has 0 aliphatic rings. The predicted molar refractivity (Wildman–Crippen MR) is 70.7 cm³/mol. The van der Waals surface area contributed by atoms with E-state index in [1.54, 1.807) is 31.6 Å². The van der Waals surface area contributed by atoms with Crippen LogP contribution in [0.1, 0.15) is 11.7 Å². The van der Waals surface area contributed by atoms with Crippen molar-refractivity contribution in [3.05, 3.63) is 54.4 Å². The minimum Gasteiger partial charge on any atom is -0.497 e. The highest BCUT2D eigenvalue weighted by Crippen LogP contribution is 2.17. The molecule has 0 radical (unpaired) electrons. The lowest BCUT2D eigenvalue weighted by molar-refractivity contribution is 0.191. The highest BCUT2D eigenvalue weighted by molar-refractivity contribution is 5.46. The Morgan fingerprint density at radius 2 is 1.83 bits per heavy atom. The van der Waals surface area contributed by atoms with Crippen LogP contribution >= 0.6 is 0 Å². The number of anilines is 1.